The first-order chi connectivity index (χ1) is 8.36. The number of anilines is 1. The van der Waals surface area contributed by atoms with E-state index in [2.05, 4.69) is 5.32 Å². The second-order valence-corrected chi connectivity index (χ2v) is 3.69. The zero-order valence-electron chi connectivity index (χ0n) is 9.96. The highest BCUT2D eigenvalue weighted by Gasteiger charge is 2.19. The second-order valence-electron chi connectivity index (χ2n) is 3.69. The molecule has 1 aromatic rings. The summed E-state index contributed by atoms with van der Waals surface area (Å²) in [5.41, 5.74) is 5.08. The highest BCUT2D eigenvalue weighted by molar-refractivity contribution is 6.00. The lowest BCUT2D eigenvalue weighted by Gasteiger charge is -2.17. The zero-order valence-corrected chi connectivity index (χ0v) is 9.96. The number of nitrogens with one attached hydrogen (secondary N) is 1. The zero-order chi connectivity index (χ0) is 13.9. The maximum absolute atomic E-state index is 13.0. The number of nitrogens with two attached hydrogens (primary N) is 1. The van der Waals surface area contributed by atoms with Crippen molar-refractivity contribution in [2.45, 2.75) is 0 Å². The van der Waals surface area contributed by atoms with Gasteiger partial charge in [0.2, 0.25) is 5.91 Å². The lowest BCUT2D eigenvalue weighted by Crippen LogP contribution is -2.37. The Balaban J connectivity index is 2.97. The molecule has 0 spiro atoms. The molecule has 7 heteroatoms. The molecule has 98 valence electrons. The Labute approximate surface area is 103 Å². The first kappa shape index (κ1) is 13.9. The van der Waals surface area contributed by atoms with Gasteiger partial charge in [0, 0.05) is 25.8 Å². The van der Waals surface area contributed by atoms with E-state index < -0.39 is 17.5 Å². The van der Waals surface area contributed by atoms with E-state index in [-0.39, 0.29) is 23.7 Å². The SMILES string of the molecule is CNC(=O)CN(C)C(=O)c1cc(F)c(F)cc1N. The van der Waals surface area contributed by atoms with Crippen LogP contribution in [0.25, 0.3) is 0 Å². The molecule has 3 N–H and O–H groups in total. The summed E-state index contributed by atoms with van der Waals surface area (Å²) in [5, 5.41) is 2.34. The fraction of sp³-hybridized carbons (Fsp3) is 0.273. The number of carbonyl (C=O) groups is 2. The van der Waals surface area contributed by atoms with Gasteiger partial charge in [-0.05, 0) is 6.07 Å². The van der Waals surface area contributed by atoms with E-state index in [1.807, 2.05) is 0 Å². The summed E-state index contributed by atoms with van der Waals surface area (Å²) < 4.78 is 25.9. The van der Waals surface area contributed by atoms with Gasteiger partial charge in [0.15, 0.2) is 11.6 Å². The second kappa shape index (κ2) is 5.44. The number of hydrogen-bond acceptors (Lipinski definition) is 3. The molecule has 0 bridgehead atoms. The van der Waals surface area contributed by atoms with E-state index in [0.717, 1.165) is 11.0 Å². The molecule has 0 heterocycles. The molecule has 0 radical (unpaired) electrons. The molecule has 0 aliphatic carbocycles. The van der Waals surface area contributed by atoms with Crippen molar-refractivity contribution in [3.05, 3.63) is 29.3 Å². The molecule has 2 amide bonds. The van der Waals surface area contributed by atoms with E-state index in [1.165, 1.54) is 14.1 Å². The van der Waals surface area contributed by atoms with Crippen LogP contribution in [0, 0.1) is 11.6 Å². The Morgan fingerprint density at radius 2 is 1.89 bits per heavy atom. The van der Waals surface area contributed by atoms with Crippen molar-refractivity contribution in [1.82, 2.24) is 10.2 Å². The van der Waals surface area contributed by atoms with Gasteiger partial charge in [0.1, 0.15) is 0 Å². The van der Waals surface area contributed by atoms with Crippen LogP contribution in [0.2, 0.25) is 0 Å². The largest absolute Gasteiger partial charge is 0.398 e. The van der Waals surface area contributed by atoms with Gasteiger partial charge in [-0.1, -0.05) is 0 Å². The molecule has 0 aromatic heterocycles. The minimum atomic E-state index is -1.17. The van der Waals surface area contributed by atoms with Crippen LogP contribution in [-0.2, 0) is 4.79 Å². The van der Waals surface area contributed by atoms with Gasteiger partial charge in [-0.3, -0.25) is 9.59 Å². The quantitative estimate of drug-likeness (QED) is 0.768. The summed E-state index contributed by atoms with van der Waals surface area (Å²) in [6.07, 6.45) is 0. The lowest BCUT2D eigenvalue weighted by molar-refractivity contribution is -0.121. The van der Waals surface area contributed by atoms with Gasteiger partial charge < -0.3 is 16.0 Å². The molecule has 0 fully saturated rings. The number of hydrogen-bond donors (Lipinski definition) is 2. The Kier molecular flexibility index (Phi) is 4.19. The molecular weight excluding hydrogens is 244 g/mol. The highest BCUT2D eigenvalue weighted by atomic mass is 19.2. The number of carbonyl (C=O) groups excluding carboxylic acids is 2. The van der Waals surface area contributed by atoms with Gasteiger partial charge in [0.25, 0.3) is 5.91 Å². The summed E-state index contributed by atoms with van der Waals surface area (Å²) in [6, 6.07) is 1.45. The molecule has 0 unspecified atom stereocenters. The van der Waals surface area contributed by atoms with Crippen LogP contribution in [0.5, 0.6) is 0 Å². The average molecular weight is 257 g/mol. The minimum Gasteiger partial charge on any atom is -0.398 e. The predicted molar refractivity (Wildman–Crippen MR) is 61.8 cm³/mol. The van der Waals surface area contributed by atoms with Gasteiger partial charge in [-0.15, -0.1) is 0 Å². The maximum Gasteiger partial charge on any atom is 0.256 e. The van der Waals surface area contributed by atoms with Crippen molar-refractivity contribution in [3.8, 4) is 0 Å². The molecular formula is C11H13F2N3O2. The number of nitrogen functional groups attached to an aromatic ring is 1. The van der Waals surface area contributed by atoms with Gasteiger partial charge in [-0.25, -0.2) is 8.78 Å². The summed E-state index contributed by atoms with van der Waals surface area (Å²) >= 11 is 0. The van der Waals surface area contributed by atoms with E-state index >= 15 is 0 Å². The number of rotatable bonds is 3. The van der Waals surface area contributed by atoms with Crippen LogP contribution >= 0.6 is 0 Å². The molecule has 1 aromatic carbocycles. The number of nitrogens with zero attached hydrogens (tertiary/aromatic N) is 1. The third-order valence-electron chi connectivity index (χ3n) is 2.33. The first-order valence-electron chi connectivity index (χ1n) is 5.07. The molecule has 0 saturated heterocycles. The molecule has 0 saturated carbocycles. The van der Waals surface area contributed by atoms with Crippen LogP contribution in [0.15, 0.2) is 12.1 Å². The summed E-state index contributed by atoms with van der Waals surface area (Å²) in [5.74, 6) is -3.33. The van der Waals surface area contributed by atoms with Crippen molar-refractivity contribution >= 4 is 17.5 Å². The maximum atomic E-state index is 13.0. The van der Waals surface area contributed by atoms with E-state index in [9.17, 15) is 18.4 Å². The number of likely N-dealkylation sites (N-methyl/N-ethyl adjacent to an activating group) is 2. The fourth-order valence-corrected chi connectivity index (χ4v) is 1.32. The summed E-state index contributed by atoms with van der Waals surface area (Å²) in [7, 11) is 2.78. The topological polar surface area (TPSA) is 75.4 Å². The molecule has 5 nitrogen and oxygen atoms in total. The minimum absolute atomic E-state index is 0.178. The number of amides is 2. The molecule has 18 heavy (non-hydrogen) atoms. The third-order valence-corrected chi connectivity index (χ3v) is 2.33. The number of benzene rings is 1. The predicted octanol–water partition coefficient (Wildman–Crippen LogP) is 0.365. The molecule has 0 aliphatic heterocycles. The van der Waals surface area contributed by atoms with Crippen LogP contribution in [0.3, 0.4) is 0 Å². The summed E-state index contributed by atoms with van der Waals surface area (Å²) in [6.45, 7) is -0.201. The molecule has 0 atom stereocenters. The van der Waals surface area contributed by atoms with Crippen LogP contribution in [0.4, 0.5) is 14.5 Å². The Bertz CT molecular complexity index is 491. The molecule has 1 rings (SSSR count). The van der Waals surface area contributed by atoms with Crippen molar-refractivity contribution in [2.75, 3.05) is 26.4 Å². The number of halogens is 2. The lowest BCUT2D eigenvalue weighted by atomic mass is 10.1. The fourth-order valence-electron chi connectivity index (χ4n) is 1.32. The smallest absolute Gasteiger partial charge is 0.256 e. The van der Waals surface area contributed by atoms with Gasteiger partial charge >= 0.3 is 0 Å². The van der Waals surface area contributed by atoms with E-state index in [1.54, 1.807) is 0 Å². The first-order valence-corrected chi connectivity index (χ1v) is 5.07. The standard InChI is InChI=1S/C11H13F2N3O2/c1-15-10(17)5-16(2)11(18)6-3-7(12)8(13)4-9(6)14/h3-4H,5,14H2,1-2H3,(H,15,17). The summed E-state index contributed by atoms with van der Waals surface area (Å²) in [4.78, 5) is 24.0. The van der Waals surface area contributed by atoms with Crippen molar-refractivity contribution in [2.24, 2.45) is 0 Å². The average Bonchev–Trinajstić information content (AvgIpc) is 2.32. The van der Waals surface area contributed by atoms with E-state index in [4.69, 9.17) is 5.73 Å². The Hall–Kier alpha value is -2.18. The van der Waals surface area contributed by atoms with Crippen molar-refractivity contribution in [3.63, 3.8) is 0 Å². The normalized spacial score (nSPS) is 10.0. The monoisotopic (exact) mass is 257 g/mol. The third kappa shape index (κ3) is 2.93. The van der Waals surface area contributed by atoms with Crippen molar-refractivity contribution in [1.29, 1.82) is 0 Å². The van der Waals surface area contributed by atoms with Crippen LogP contribution in [0.1, 0.15) is 10.4 Å². The van der Waals surface area contributed by atoms with E-state index in [0.29, 0.717) is 6.07 Å². The highest BCUT2D eigenvalue weighted by Crippen LogP contribution is 2.18. The Morgan fingerprint density at radius 3 is 2.44 bits per heavy atom. The molecule has 0 aliphatic rings. The van der Waals surface area contributed by atoms with Crippen molar-refractivity contribution < 1.29 is 18.4 Å². The van der Waals surface area contributed by atoms with Crippen LogP contribution in [-0.4, -0.2) is 37.4 Å². The van der Waals surface area contributed by atoms with Gasteiger partial charge in [-0.2, -0.15) is 0 Å². The Morgan fingerprint density at radius 1 is 1.33 bits per heavy atom. The van der Waals surface area contributed by atoms with Gasteiger partial charge in [0.05, 0.1) is 12.1 Å². The van der Waals surface area contributed by atoms with Crippen LogP contribution < -0.4 is 11.1 Å².